The van der Waals surface area contributed by atoms with Crippen LogP contribution in [0.3, 0.4) is 0 Å². The maximum absolute atomic E-state index is 12.6. The van der Waals surface area contributed by atoms with E-state index in [-0.39, 0.29) is 30.7 Å². The fourth-order valence-electron chi connectivity index (χ4n) is 3.72. The van der Waals surface area contributed by atoms with Crippen LogP contribution in [0.2, 0.25) is 5.02 Å². The summed E-state index contributed by atoms with van der Waals surface area (Å²) in [4.78, 5) is 41.0. The van der Waals surface area contributed by atoms with Gasteiger partial charge in [0.05, 0.1) is 35.7 Å². The average molecular weight is 428 g/mol. The number of fused-ring (bicyclic) bond motifs is 1. The molecule has 2 aliphatic heterocycles. The normalized spacial score (nSPS) is 16.1. The van der Waals surface area contributed by atoms with Crippen LogP contribution in [-0.2, 0) is 9.53 Å². The van der Waals surface area contributed by atoms with Gasteiger partial charge in [-0.15, -0.1) is 0 Å². The molecule has 0 bridgehead atoms. The summed E-state index contributed by atoms with van der Waals surface area (Å²) >= 11 is 6.13. The minimum absolute atomic E-state index is 0.000481. The quantitative estimate of drug-likeness (QED) is 0.742. The van der Waals surface area contributed by atoms with E-state index >= 15 is 0 Å². The first-order chi connectivity index (χ1) is 14.4. The van der Waals surface area contributed by atoms with Crippen molar-refractivity contribution in [1.29, 1.82) is 0 Å². The molecule has 156 valence electrons. The number of benzene rings is 2. The van der Waals surface area contributed by atoms with Crippen LogP contribution >= 0.6 is 11.6 Å². The molecule has 1 fully saturated rings. The van der Waals surface area contributed by atoms with E-state index in [1.54, 1.807) is 30.3 Å². The van der Waals surface area contributed by atoms with Gasteiger partial charge in [0.1, 0.15) is 0 Å². The van der Waals surface area contributed by atoms with Crippen molar-refractivity contribution in [2.75, 3.05) is 43.1 Å². The molecule has 0 aliphatic carbocycles. The second-order valence-corrected chi connectivity index (χ2v) is 7.81. The highest BCUT2D eigenvalue weighted by Crippen LogP contribution is 2.30. The number of hydrogen-bond acceptors (Lipinski definition) is 5. The zero-order chi connectivity index (χ0) is 21.3. The molecular formula is C22H22ClN3O4. The zero-order valence-electron chi connectivity index (χ0n) is 16.6. The number of halogens is 1. The van der Waals surface area contributed by atoms with Gasteiger partial charge in [0.15, 0.2) is 0 Å². The topological polar surface area (TPSA) is 79.0 Å². The van der Waals surface area contributed by atoms with Crippen molar-refractivity contribution >= 4 is 40.7 Å². The molecule has 0 unspecified atom stereocenters. The first-order valence-corrected chi connectivity index (χ1v) is 10.2. The lowest BCUT2D eigenvalue weighted by molar-refractivity contribution is -0.116. The molecule has 0 saturated carbocycles. The van der Waals surface area contributed by atoms with Crippen LogP contribution in [0.25, 0.3) is 0 Å². The lowest BCUT2D eigenvalue weighted by Crippen LogP contribution is -2.37. The second-order valence-electron chi connectivity index (χ2n) is 7.37. The molecule has 0 radical (unpaired) electrons. The first-order valence-electron chi connectivity index (χ1n) is 9.83. The van der Waals surface area contributed by atoms with Crippen LogP contribution in [0.4, 0.5) is 11.4 Å². The summed E-state index contributed by atoms with van der Waals surface area (Å²) in [6, 6.07) is 10.5. The van der Waals surface area contributed by atoms with Gasteiger partial charge in [-0.2, -0.15) is 0 Å². The number of hydrogen-bond donors (Lipinski definition) is 1. The van der Waals surface area contributed by atoms with Crippen LogP contribution in [0.5, 0.6) is 0 Å². The number of carbonyl (C=O) groups is 3. The molecule has 2 aliphatic rings. The summed E-state index contributed by atoms with van der Waals surface area (Å²) in [7, 11) is 0. The Morgan fingerprint density at radius 1 is 1.07 bits per heavy atom. The second kappa shape index (κ2) is 8.45. The highest BCUT2D eigenvalue weighted by atomic mass is 35.5. The van der Waals surface area contributed by atoms with Gasteiger partial charge in [0, 0.05) is 31.1 Å². The largest absolute Gasteiger partial charge is 0.378 e. The van der Waals surface area contributed by atoms with Crippen molar-refractivity contribution in [3.8, 4) is 0 Å². The van der Waals surface area contributed by atoms with Gasteiger partial charge < -0.3 is 15.0 Å². The Morgan fingerprint density at radius 2 is 1.80 bits per heavy atom. The Bertz CT molecular complexity index is 1020. The molecule has 0 spiro atoms. The number of nitrogens with zero attached hydrogens (tertiary/aromatic N) is 2. The summed E-state index contributed by atoms with van der Waals surface area (Å²) in [6.45, 7) is 4.57. The minimum atomic E-state index is -0.362. The predicted molar refractivity (Wildman–Crippen MR) is 114 cm³/mol. The van der Waals surface area contributed by atoms with Gasteiger partial charge in [0.25, 0.3) is 11.8 Å². The van der Waals surface area contributed by atoms with Gasteiger partial charge in [-0.25, -0.2) is 0 Å². The number of amides is 3. The van der Waals surface area contributed by atoms with E-state index < -0.39 is 0 Å². The molecule has 2 aromatic rings. The van der Waals surface area contributed by atoms with Crippen LogP contribution in [-0.4, -0.2) is 55.5 Å². The number of anilines is 2. The number of aryl methyl sites for hydroxylation is 1. The lowest BCUT2D eigenvalue weighted by Gasteiger charge is -2.30. The third kappa shape index (κ3) is 4.04. The molecule has 3 amide bonds. The standard InChI is InChI=1S/C22H22ClN3O4/c1-14-2-4-16-17(12-14)22(29)26(21(16)28)7-6-20(27)24-18-13-15(23)3-5-19(18)25-8-10-30-11-9-25/h2-5,12-13H,6-11H2,1H3,(H,24,27). The number of nitrogens with one attached hydrogen (secondary N) is 1. The summed E-state index contributed by atoms with van der Waals surface area (Å²) < 4.78 is 5.39. The van der Waals surface area contributed by atoms with Gasteiger partial charge >= 0.3 is 0 Å². The number of rotatable bonds is 5. The molecule has 0 atom stereocenters. The highest BCUT2D eigenvalue weighted by Gasteiger charge is 2.35. The number of carbonyl (C=O) groups excluding carboxylic acids is 3. The molecule has 2 heterocycles. The number of morpholine rings is 1. The fraction of sp³-hybridized carbons (Fsp3) is 0.318. The Balaban J connectivity index is 1.43. The van der Waals surface area contributed by atoms with Crippen molar-refractivity contribution in [2.45, 2.75) is 13.3 Å². The van der Waals surface area contributed by atoms with E-state index in [2.05, 4.69) is 10.2 Å². The summed E-state index contributed by atoms with van der Waals surface area (Å²) in [5.74, 6) is -1.01. The third-order valence-corrected chi connectivity index (χ3v) is 5.51. The Kier molecular flexibility index (Phi) is 5.74. The first kappa shape index (κ1) is 20.4. The average Bonchev–Trinajstić information content (AvgIpc) is 2.96. The maximum Gasteiger partial charge on any atom is 0.261 e. The third-order valence-electron chi connectivity index (χ3n) is 5.27. The van der Waals surface area contributed by atoms with E-state index in [0.29, 0.717) is 35.1 Å². The molecule has 30 heavy (non-hydrogen) atoms. The summed E-state index contributed by atoms with van der Waals surface area (Å²) in [6.07, 6.45) is -0.000481. The molecular weight excluding hydrogens is 406 g/mol. The van der Waals surface area contributed by atoms with E-state index in [1.807, 2.05) is 13.0 Å². The van der Waals surface area contributed by atoms with Crippen molar-refractivity contribution < 1.29 is 19.1 Å². The van der Waals surface area contributed by atoms with E-state index in [9.17, 15) is 14.4 Å². The van der Waals surface area contributed by atoms with E-state index in [0.717, 1.165) is 29.2 Å². The molecule has 8 heteroatoms. The minimum Gasteiger partial charge on any atom is -0.378 e. The van der Waals surface area contributed by atoms with E-state index in [1.165, 1.54) is 0 Å². The van der Waals surface area contributed by atoms with Crippen LogP contribution in [0, 0.1) is 6.92 Å². The smallest absolute Gasteiger partial charge is 0.261 e. The van der Waals surface area contributed by atoms with Crippen molar-refractivity contribution in [1.82, 2.24) is 4.90 Å². The van der Waals surface area contributed by atoms with Gasteiger partial charge in [-0.3, -0.25) is 19.3 Å². The fourth-order valence-corrected chi connectivity index (χ4v) is 3.89. The maximum atomic E-state index is 12.6. The van der Waals surface area contributed by atoms with Gasteiger partial charge in [-0.05, 0) is 37.3 Å². The van der Waals surface area contributed by atoms with E-state index in [4.69, 9.17) is 16.3 Å². The number of imide groups is 1. The summed E-state index contributed by atoms with van der Waals surface area (Å²) in [5, 5.41) is 3.39. The Labute approximate surface area is 179 Å². The monoisotopic (exact) mass is 427 g/mol. The van der Waals surface area contributed by atoms with Gasteiger partial charge in [0.2, 0.25) is 5.91 Å². The van der Waals surface area contributed by atoms with Crippen molar-refractivity contribution in [3.05, 3.63) is 58.1 Å². The molecule has 4 rings (SSSR count). The van der Waals surface area contributed by atoms with Crippen LogP contribution in [0.15, 0.2) is 36.4 Å². The molecule has 0 aromatic heterocycles. The summed E-state index contributed by atoms with van der Waals surface area (Å²) in [5.41, 5.74) is 3.16. The van der Waals surface area contributed by atoms with Crippen LogP contribution in [0.1, 0.15) is 32.7 Å². The molecule has 2 aromatic carbocycles. The zero-order valence-corrected chi connectivity index (χ0v) is 17.4. The van der Waals surface area contributed by atoms with Crippen molar-refractivity contribution in [3.63, 3.8) is 0 Å². The molecule has 1 N–H and O–H groups in total. The Morgan fingerprint density at radius 3 is 2.57 bits per heavy atom. The van der Waals surface area contributed by atoms with Crippen LogP contribution < -0.4 is 10.2 Å². The Hall–Kier alpha value is -2.90. The SMILES string of the molecule is Cc1ccc2c(c1)C(=O)N(CCC(=O)Nc1cc(Cl)ccc1N1CCOCC1)C2=O. The molecule has 7 nitrogen and oxygen atoms in total. The number of ether oxygens (including phenoxy) is 1. The van der Waals surface area contributed by atoms with Gasteiger partial charge in [-0.1, -0.05) is 23.2 Å². The highest BCUT2D eigenvalue weighted by molar-refractivity contribution is 6.31. The lowest BCUT2D eigenvalue weighted by atomic mass is 10.1. The van der Waals surface area contributed by atoms with Crippen molar-refractivity contribution in [2.24, 2.45) is 0 Å². The molecule has 1 saturated heterocycles. The predicted octanol–water partition coefficient (Wildman–Crippen LogP) is 3.11.